The number of carbonyl (C=O) groups is 1. The number of hydrogen-bond donors (Lipinski definition) is 0. The van der Waals surface area contributed by atoms with Crippen molar-refractivity contribution in [2.24, 2.45) is 0 Å². The lowest BCUT2D eigenvalue weighted by Crippen LogP contribution is -2.58. The first-order valence-electron chi connectivity index (χ1n) is 9.81. The highest BCUT2D eigenvalue weighted by molar-refractivity contribution is 7.86. The summed E-state index contributed by atoms with van der Waals surface area (Å²) in [4.78, 5) is 12.5. The van der Waals surface area contributed by atoms with Gasteiger partial charge in [0.05, 0.1) is 31.3 Å². The fourth-order valence-electron chi connectivity index (χ4n) is 3.14. The Hall–Kier alpha value is -2.35. The standard InChI is InChI=1S/C21H24O10S2/c1-32(23,24)30-18-17(29-20(22)16-11-7-4-8-12-16)14-28-21(19(18)31-33(2,25)26)27-13-15-9-5-3-6-10-15/h3-12,17-19,21H,13-14H2,1-2H3. The molecule has 1 aliphatic heterocycles. The molecule has 1 heterocycles. The molecule has 1 saturated heterocycles. The smallest absolute Gasteiger partial charge is 0.338 e. The first kappa shape index (κ1) is 25.3. The Morgan fingerprint density at radius 1 is 0.879 bits per heavy atom. The lowest BCUT2D eigenvalue weighted by Gasteiger charge is -2.39. The third-order valence-corrected chi connectivity index (χ3v) is 5.62. The van der Waals surface area contributed by atoms with Crippen LogP contribution in [0.25, 0.3) is 0 Å². The summed E-state index contributed by atoms with van der Waals surface area (Å²) in [6.07, 6.45) is -4.15. The van der Waals surface area contributed by atoms with Crippen LogP contribution in [0.4, 0.5) is 0 Å². The van der Waals surface area contributed by atoms with Gasteiger partial charge in [0.15, 0.2) is 18.5 Å². The molecule has 33 heavy (non-hydrogen) atoms. The molecule has 0 radical (unpaired) electrons. The van der Waals surface area contributed by atoms with Gasteiger partial charge in [0.1, 0.15) is 6.10 Å². The van der Waals surface area contributed by atoms with E-state index in [0.29, 0.717) is 0 Å². The van der Waals surface area contributed by atoms with Gasteiger partial charge < -0.3 is 14.2 Å². The van der Waals surface area contributed by atoms with Crippen molar-refractivity contribution in [2.75, 3.05) is 19.1 Å². The topological polar surface area (TPSA) is 132 Å². The number of hydrogen-bond acceptors (Lipinski definition) is 10. The van der Waals surface area contributed by atoms with Crippen molar-refractivity contribution < 1.29 is 44.2 Å². The van der Waals surface area contributed by atoms with E-state index in [4.69, 9.17) is 22.6 Å². The predicted octanol–water partition coefficient (Wildman–Crippen LogP) is 1.47. The summed E-state index contributed by atoms with van der Waals surface area (Å²) in [6.45, 7) is -0.295. The predicted molar refractivity (Wildman–Crippen MR) is 116 cm³/mol. The molecule has 4 unspecified atom stereocenters. The highest BCUT2D eigenvalue weighted by atomic mass is 32.2. The molecule has 0 N–H and O–H groups in total. The van der Waals surface area contributed by atoms with E-state index in [9.17, 15) is 21.6 Å². The first-order chi connectivity index (χ1) is 15.5. The van der Waals surface area contributed by atoms with Crippen LogP contribution in [0.3, 0.4) is 0 Å². The van der Waals surface area contributed by atoms with Gasteiger partial charge in [-0.15, -0.1) is 0 Å². The fourth-order valence-corrected chi connectivity index (χ4v) is 4.38. The van der Waals surface area contributed by atoms with Crippen LogP contribution in [0.15, 0.2) is 60.7 Å². The number of carbonyl (C=O) groups excluding carboxylic acids is 1. The van der Waals surface area contributed by atoms with Crippen molar-refractivity contribution in [3.8, 4) is 0 Å². The van der Waals surface area contributed by atoms with E-state index in [0.717, 1.165) is 18.1 Å². The second-order valence-electron chi connectivity index (χ2n) is 7.34. The number of benzene rings is 2. The highest BCUT2D eigenvalue weighted by Crippen LogP contribution is 2.28. The summed E-state index contributed by atoms with van der Waals surface area (Å²) in [5.74, 6) is -0.770. The Balaban J connectivity index is 1.86. The molecule has 0 aromatic heterocycles. The molecule has 1 fully saturated rings. The van der Waals surface area contributed by atoms with Crippen LogP contribution < -0.4 is 0 Å². The van der Waals surface area contributed by atoms with Crippen molar-refractivity contribution in [2.45, 2.75) is 31.2 Å². The van der Waals surface area contributed by atoms with Gasteiger partial charge in [-0.3, -0.25) is 8.37 Å². The lowest BCUT2D eigenvalue weighted by molar-refractivity contribution is -0.260. The molecule has 2 aromatic rings. The van der Waals surface area contributed by atoms with Gasteiger partial charge in [-0.1, -0.05) is 48.5 Å². The molecule has 2 aromatic carbocycles. The van der Waals surface area contributed by atoms with Crippen LogP contribution in [0.1, 0.15) is 15.9 Å². The summed E-state index contributed by atoms with van der Waals surface area (Å²) in [5, 5.41) is 0. The fraction of sp³-hybridized carbons (Fsp3) is 0.381. The van der Waals surface area contributed by atoms with Crippen molar-refractivity contribution in [1.82, 2.24) is 0 Å². The second-order valence-corrected chi connectivity index (χ2v) is 10.5. The van der Waals surface area contributed by atoms with E-state index in [1.165, 1.54) is 12.1 Å². The molecular weight excluding hydrogens is 476 g/mol. The SMILES string of the molecule is CS(=O)(=O)OC1C(OC(=O)c2ccccc2)COC(OCc2ccccc2)C1OS(C)(=O)=O. The van der Waals surface area contributed by atoms with Crippen molar-refractivity contribution in [1.29, 1.82) is 0 Å². The summed E-state index contributed by atoms with van der Waals surface area (Å²) < 4.78 is 74.7. The monoisotopic (exact) mass is 500 g/mol. The lowest BCUT2D eigenvalue weighted by atomic mass is 10.1. The van der Waals surface area contributed by atoms with E-state index in [1.807, 2.05) is 6.07 Å². The Kier molecular flexibility index (Phi) is 8.21. The molecule has 0 saturated carbocycles. The third-order valence-electron chi connectivity index (χ3n) is 4.48. The van der Waals surface area contributed by atoms with Crippen LogP contribution in [0, 0.1) is 0 Å². The molecule has 12 heteroatoms. The first-order valence-corrected chi connectivity index (χ1v) is 13.4. The number of rotatable bonds is 9. The minimum absolute atomic E-state index is 0.0230. The average molecular weight is 501 g/mol. The van der Waals surface area contributed by atoms with Gasteiger partial charge >= 0.3 is 5.97 Å². The van der Waals surface area contributed by atoms with Gasteiger partial charge in [0.25, 0.3) is 20.2 Å². The van der Waals surface area contributed by atoms with Gasteiger partial charge in [0, 0.05) is 0 Å². The van der Waals surface area contributed by atoms with E-state index in [1.54, 1.807) is 42.5 Å². The molecule has 0 spiro atoms. The van der Waals surface area contributed by atoms with E-state index < -0.39 is 50.8 Å². The number of esters is 1. The molecule has 1 aliphatic rings. The Morgan fingerprint density at radius 3 is 2.00 bits per heavy atom. The van der Waals surface area contributed by atoms with Crippen molar-refractivity contribution >= 4 is 26.2 Å². The second kappa shape index (κ2) is 10.7. The molecule has 4 atom stereocenters. The number of ether oxygens (including phenoxy) is 3. The quantitative estimate of drug-likeness (QED) is 0.368. The minimum atomic E-state index is -4.11. The van der Waals surface area contributed by atoms with Crippen LogP contribution in [0.2, 0.25) is 0 Å². The molecule has 3 rings (SSSR count). The largest absolute Gasteiger partial charge is 0.453 e. The van der Waals surface area contributed by atoms with Crippen LogP contribution >= 0.6 is 0 Å². The molecule has 10 nitrogen and oxygen atoms in total. The van der Waals surface area contributed by atoms with E-state index >= 15 is 0 Å². The van der Waals surface area contributed by atoms with E-state index in [-0.39, 0.29) is 18.8 Å². The summed E-state index contributed by atoms with van der Waals surface area (Å²) in [5.41, 5.74) is 0.969. The van der Waals surface area contributed by atoms with Crippen LogP contribution in [0.5, 0.6) is 0 Å². The maximum atomic E-state index is 12.5. The van der Waals surface area contributed by atoms with Gasteiger partial charge in [-0.2, -0.15) is 16.8 Å². The Morgan fingerprint density at radius 2 is 1.42 bits per heavy atom. The highest BCUT2D eigenvalue weighted by Gasteiger charge is 2.48. The van der Waals surface area contributed by atoms with E-state index in [2.05, 4.69) is 0 Å². The maximum Gasteiger partial charge on any atom is 0.338 e. The summed E-state index contributed by atoms with van der Waals surface area (Å²) in [6, 6.07) is 16.9. The van der Waals surface area contributed by atoms with Gasteiger partial charge in [0.2, 0.25) is 0 Å². The zero-order chi connectivity index (χ0) is 24.1. The molecule has 180 valence electrons. The van der Waals surface area contributed by atoms with Crippen molar-refractivity contribution in [3.05, 3.63) is 71.8 Å². The zero-order valence-electron chi connectivity index (χ0n) is 17.9. The average Bonchev–Trinajstić information content (AvgIpc) is 2.75. The summed E-state index contributed by atoms with van der Waals surface area (Å²) >= 11 is 0. The third kappa shape index (κ3) is 7.88. The Labute approximate surface area is 192 Å². The maximum absolute atomic E-state index is 12.5. The summed E-state index contributed by atoms with van der Waals surface area (Å²) in [7, 11) is -8.22. The molecular formula is C21H24O10S2. The van der Waals surface area contributed by atoms with Crippen LogP contribution in [-0.4, -0.2) is 66.5 Å². The van der Waals surface area contributed by atoms with Crippen molar-refractivity contribution in [3.63, 3.8) is 0 Å². The van der Waals surface area contributed by atoms with Crippen LogP contribution in [-0.2, 0) is 49.4 Å². The minimum Gasteiger partial charge on any atom is -0.453 e. The van der Waals surface area contributed by atoms with Gasteiger partial charge in [-0.05, 0) is 17.7 Å². The molecule has 0 aliphatic carbocycles. The normalized spacial score (nSPS) is 23.7. The molecule has 0 bridgehead atoms. The Bertz CT molecular complexity index is 1130. The zero-order valence-corrected chi connectivity index (χ0v) is 19.5. The van der Waals surface area contributed by atoms with Gasteiger partial charge in [-0.25, -0.2) is 4.79 Å². The molecule has 0 amide bonds.